The van der Waals surface area contributed by atoms with Crippen LogP contribution in [-0.2, 0) is 28.5 Å². The number of benzene rings is 2. The minimum absolute atomic E-state index is 0.0503. The van der Waals surface area contributed by atoms with E-state index in [0.717, 1.165) is 29.8 Å². The largest absolute Gasteiger partial charge is 0.416 e. The Morgan fingerprint density at radius 3 is 2.25 bits per heavy atom. The van der Waals surface area contributed by atoms with Crippen LogP contribution in [0.25, 0.3) is 11.3 Å². The Hall–Kier alpha value is -2.78. The Morgan fingerprint density at radius 2 is 1.61 bits per heavy atom. The molecule has 0 saturated carbocycles. The number of hydrogen-bond acceptors (Lipinski definition) is 4. The van der Waals surface area contributed by atoms with Gasteiger partial charge in [0.2, 0.25) is 10.0 Å². The molecule has 3 rings (SSSR count). The first-order chi connectivity index (χ1) is 13.2. The molecule has 0 fully saturated rings. The SMILES string of the molecule is O=S(=O)(Cc1ccc(C(F)(F)F)cc1)NCc1cc(-c2ccccc2)ncn1. The van der Waals surface area contributed by atoms with Crippen molar-refractivity contribution in [2.24, 2.45) is 0 Å². The highest BCUT2D eigenvalue weighted by atomic mass is 32.2. The summed E-state index contributed by atoms with van der Waals surface area (Å²) in [5.74, 6) is -0.429. The molecule has 1 N–H and O–H groups in total. The molecule has 0 aliphatic rings. The summed E-state index contributed by atoms with van der Waals surface area (Å²) >= 11 is 0. The lowest BCUT2D eigenvalue weighted by Crippen LogP contribution is -2.25. The molecule has 9 heteroatoms. The van der Waals surface area contributed by atoms with Crippen molar-refractivity contribution in [2.75, 3.05) is 0 Å². The molecular weight excluding hydrogens is 391 g/mol. The molecule has 1 heterocycles. The predicted octanol–water partition coefficient (Wildman–Crippen LogP) is 3.78. The molecule has 0 atom stereocenters. The van der Waals surface area contributed by atoms with Crippen LogP contribution in [0.3, 0.4) is 0 Å². The molecule has 0 saturated heterocycles. The van der Waals surface area contributed by atoms with Crippen LogP contribution in [0.5, 0.6) is 0 Å². The number of nitrogens with one attached hydrogen (secondary N) is 1. The third kappa shape index (κ3) is 5.37. The lowest BCUT2D eigenvalue weighted by Gasteiger charge is -2.09. The van der Waals surface area contributed by atoms with E-state index < -0.39 is 27.5 Å². The fraction of sp³-hybridized carbons (Fsp3) is 0.158. The number of rotatable bonds is 6. The standard InChI is InChI=1S/C19H16F3N3O2S/c20-19(21,22)16-8-6-14(7-9-16)12-28(26,27)25-11-17-10-18(24-13-23-17)15-4-2-1-3-5-15/h1-10,13,25H,11-12H2. The summed E-state index contributed by atoms with van der Waals surface area (Å²) in [5, 5.41) is 0. The molecule has 0 bridgehead atoms. The van der Waals surface area contributed by atoms with Gasteiger partial charge in [-0.3, -0.25) is 0 Å². The van der Waals surface area contributed by atoms with Crippen LogP contribution in [0.1, 0.15) is 16.8 Å². The molecular formula is C19H16F3N3O2S. The lowest BCUT2D eigenvalue weighted by atomic mass is 10.1. The van der Waals surface area contributed by atoms with Crippen LogP contribution in [0, 0.1) is 0 Å². The van der Waals surface area contributed by atoms with E-state index in [0.29, 0.717) is 11.4 Å². The van der Waals surface area contributed by atoms with Gasteiger partial charge < -0.3 is 0 Å². The Balaban J connectivity index is 1.65. The van der Waals surface area contributed by atoms with Gasteiger partial charge in [-0.25, -0.2) is 23.1 Å². The normalized spacial score (nSPS) is 12.1. The summed E-state index contributed by atoms with van der Waals surface area (Å²) in [7, 11) is -3.75. The van der Waals surface area contributed by atoms with Gasteiger partial charge in [0.1, 0.15) is 6.33 Å². The van der Waals surface area contributed by atoms with Crippen LogP contribution in [0.4, 0.5) is 13.2 Å². The summed E-state index contributed by atoms with van der Waals surface area (Å²) < 4.78 is 64.6. The molecule has 0 aliphatic heterocycles. The molecule has 0 unspecified atom stereocenters. The minimum atomic E-state index is -4.46. The van der Waals surface area contributed by atoms with Crippen LogP contribution >= 0.6 is 0 Å². The second-order valence-electron chi connectivity index (χ2n) is 6.04. The van der Waals surface area contributed by atoms with Crippen LogP contribution in [0.15, 0.2) is 67.0 Å². The second kappa shape index (κ2) is 8.07. The molecule has 5 nitrogen and oxygen atoms in total. The monoisotopic (exact) mass is 407 g/mol. The van der Waals surface area contributed by atoms with Crippen molar-refractivity contribution in [3.05, 3.63) is 83.8 Å². The van der Waals surface area contributed by atoms with Crippen molar-refractivity contribution in [3.63, 3.8) is 0 Å². The predicted molar refractivity (Wildman–Crippen MR) is 98.4 cm³/mol. The topological polar surface area (TPSA) is 72.0 Å². The van der Waals surface area contributed by atoms with E-state index in [9.17, 15) is 21.6 Å². The van der Waals surface area contributed by atoms with Gasteiger partial charge in [0.05, 0.1) is 29.2 Å². The Labute approximate surface area is 160 Å². The van der Waals surface area contributed by atoms with E-state index in [4.69, 9.17) is 0 Å². The molecule has 2 aromatic carbocycles. The van der Waals surface area contributed by atoms with E-state index in [1.54, 1.807) is 6.07 Å². The lowest BCUT2D eigenvalue weighted by molar-refractivity contribution is -0.137. The summed E-state index contributed by atoms with van der Waals surface area (Å²) in [6.07, 6.45) is -3.11. The number of sulfonamides is 1. The summed E-state index contributed by atoms with van der Waals surface area (Å²) in [4.78, 5) is 8.22. The average molecular weight is 407 g/mol. The van der Waals surface area contributed by atoms with Gasteiger partial charge in [-0.2, -0.15) is 13.2 Å². The van der Waals surface area contributed by atoms with Gasteiger partial charge in [-0.15, -0.1) is 0 Å². The maximum atomic E-state index is 12.6. The van der Waals surface area contributed by atoms with Gasteiger partial charge >= 0.3 is 6.18 Å². The summed E-state index contributed by atoms with van der Waals surface area (Å²) in [6, 6.07) is 15.1. The maximum Gasteiger partial charge on any atom is 0.416 e. The number of hydrogen-bond donors (Lipinski definition) is 1. The fourth-order valence-corrected chi connectivity index (χ4v) is 3.61. The first kappa shape index (κ1) is 20.0. The second-order valence-corrected chi connectivity index (χ2v) is 7.84. The highest BCUT2D eigenvalue weighted by Crippen LogP contribution is 2.29. The number of halogens is 3. The van der Waals surface area contributed by atoms with E-state index in [-0.39, 0.29) is 12.1 Å². The maximum absolute atomic E-state index is 12.6. The quantitative estimate of drug-likeness (QED) is 0.675. The van der Waals surface area contributed by atoms with Crippen LogP contribution in [-0.4, -0.2) is 18.4 Å². The number of alkyl halides is 3. The Kier molecular flexibility index (Phi) is 5.76. The Bertz CT molecular complexity index is 1040. The van der Waals surface area contributed by atoms with Crippen LogP contribution < -0.4 is 4.72 Å². The molecule has 28 heavy (non-hydrogen) atoms. The van der Waals surface area contributed by atoms with Gasteiger partial charge in [-0.05, 0) is 23.8 Å². The van der Waals surface area contributed by atoms with Gasteiger partial charge in [0, 0.05) is 5.56 Å². The zero-order chi connectivity index (χ0) is 20.2. The molecule has 1 aromatic heterocycles. The number of aromatic nitrogens is 2. The number of nitrogens with zero attached hydrogens (tertiary/aromatic N) is 2. The molecule has 0 radical (unpaired) electrons. The smallest absolute Gasteiger partial charge is 0.240 e. The zero-order valence-corrected chi connectivity index (χ0v) is 15.3. The molecule has 3 aromatic rings. The first-order valence-electron chi connectivity index (χ1n) is 8.23. The van der Waals surface area contributed by atoms with Gasteiger partial charge in [0.25, 0.3) is 0 Å². The first-order valence-corrected chi connectivity index (χ1v) is 9.88. The highest BCUT2D eigenvalue weighted by molar-refractivity contribution is 7.88. The van der Waals surface area contributed by atoms with Crippen molar-refractivity contribution in [1.29, 1.82) is 0 Å². The fourth-order valence-electron chi connectivity index (χ4n) is 2.51. The van der Waals surface area contributed by atoms with Crippen molar-refractivity contribution >= 4 is 10.0 Å². The van der Waals surface area contributed by atoms with Gasteiger partial charge in [0.15, 0.2) is 0 Å². The van der Waals surface area contributed by atoms with Gasteiger partial charge in [-0.1, -0.05) is 42.5 Å². The van der Waals surface area contributed by atoms with Crippen molar-refractivity contribution in [2.45, 2.75) is 18.5 Å². The third-order valence-electron chi connectivity index (χ3n) is 3.90. The van der Waals surface area contributed by atoms with E-state index in [1.165, 1.54) is 6.33 Å². The third-order valence-corrected chi connectivity index (χ3v) is 5.20. The van der Waals surface area contributed by atoms with Crippen molar-refractivity contribution < 1.29 is 21.6 Å². The van der Waals surface area contributed by atoms with Crippen LogP contribution in [0.2, 0.25) is 0 Å². The molecule has 0 aliphatic carbocycles. The Morgan fingerprint density at radius 1 is 0.929 bits per heavy atom. The molecule has 0 amide bonds. The molecule has 146 valence electrons. The summed E-state index contributed by atoms with van der Waals surface area (Å²) in [6.45, 7) is -0.0503. The zero-order valence-electron chi connectivity index (χ0n) is 14.5. The molecule has 0 spiro atoms. The van der Waals surface area contributed by atoms with Crippen molar-refractivity contribution in [3.8, 4) is 11.3 Å². The van der Waals surface area contributed by atoms with E-state index in [2.05, 4.69) is 14.7 Å². The van der Waals surface area contributed by atoms with Crippen molar-refractivity contribution in [1.82, 2.24) is 14.7 Å². The van der Waals surface area contributed by atoms with E-state index >= 15 is 0 Å². The minimum Gasteiger partial charge on any atom is -0.240 e. The average Bonchev–Trinajstić information content (AvgIpc) is 2.67. The van der Waals surface area contributed by atoms with E-state index in [1.807, 2.05) is 30.3 Å². The highest BCUT2D eigenvalue weighted by Gasteiger charge is 2.30. The summed E-state index contributed by atoms with van der Waals surface area (Å²) in [5.41, 5.74) is 1.44.